The first kappa shape index (κ1) is 20.8. The second-order valence-corrected chi connectivity index (χ2v) is 9.12. The van der Waals surface area contributed by atoms with E-state index in [1.807, 2.05) is 36.4 Å². The predicted octanol–water partition coefficient (Wildman–Crippen LogP) is 6.76. The Kier molecular flexibility index (Phi) is 6.08. The minimum atomic E-state index is -0.263. The van der Waals surface area contributed by atoms with E-state index in [4.69, 9.17) is 14.5 Å². The van der Waals surface area contributed by atoms with Crippen LogP contribution in [0.3, 0.4) is 0 Å². The number of halogens is 2. The van der Waals surface area contributed by atoms with Gasteiger partial charge in [-0.25, -0.2) is 4.98 Å². The standard InChI is InChI=1S/C22H16Br2N2O3S/c1-28-17-8-7-12(9-18(17)29-2)21(27)26-20-14(10-13(23)11-15(20)24)22-25-16-5-3-4-6-19(16)30-22/h3-11H,1-2H3,(H,26,27). The number of anilines is 1. The second kappa shape index (κ2) is 8.75. The maximum absolute atomic E-state index is 13.0. The van der Waals surface area contributed by atoms with Crippen molar-refractivity contribution in [2.45, 2.75) is 0 Å². The topological polar surface area (TPSA) is 60.5 Å². The average molecular weight is 548 g/mol. The third-order valence-electron chi connectivity index (χ3n) is 4.46. The fourth-order valence-electron chi connectivity index (χ4n) is 3.02. The molecule has 8 heteroatoms. The molecule has 4 aromatic rings. The smallest absolute Gasteiger partial charge is 0.255 e. The fraction of sp³-hybridized carbons (Fsp3) is 0.0909. The number of aromatic nitrogens is 1. The number of hydrogen-bond acceptors (Lipinski definition) is 5. The number of carbonyl (C=O) groups excluding carboxylic acids is 1. The van der Waals surface area contributed by atoms with Crippen LogP contribution < -0.4 is 14.8 Å². The van der Waals surface area contributed by atoms with E-state index < -0.39 is 0 Å². The molecule has 1 amide bonds. The number of carbonyl (C=O) groups is 1. The predicted molar refractivity (Wildman–Crippen MR) is 128 cm³/mol. The van der Waals surface area contributed by atoms with Gasteiger partial charge in [0.1, 0.15) is 5.01 Å². The lowest BCUT2D eigenvalue weighted by Gasteiger charge is -2.14. The summed E-state index contributed by atoms with van der Waals surface area (Å²) < 4.78 is 13.3. The number of benzene rings is 3. The van der Waals surface area contributed by atoms with Gasteiger partial charge in [0.05, 0.1) is 30.1 Å². The Morgan fingerprint density at radius 3 is 2.50 bits per heavy atom. The van der Waals surface area contributed by atoms with Crippen molar-refractivity contribution in [1.29, 1.82) is 0 Å². The maximum Gasteiger partial charge on any atom is 0.255 e. The zero-order valence-electron chi connectivity index (χ0n) is 16.0. The summed E-state index contributed by atoms with van der Waals surface area (Å²) in [5.74, 6) is 0.793. The van der Waals surface area contributed by atoms with E-state index in [9.17, 15) is 4.79 Å². The van der Waals surface area contributed by atoms with Crippen molar-refractivity contribution in [2.75, 3.05) is 19.5 Å². The highest BCUT2D eigenvalue weighted by Gasteiger charge is 2.18. The van der Waals surface area contributed by atoms with Crippen LogP contribution in [-0.2, 0) is 0 Å². The molecule has 0 saturated carbocycles. The highest BCUT2D eigenvalue weighted by molar-refractivity contribution is 9.11. The van der Waals surface area contributed by atoms with Crippen LogP contribution in [0.15, 0.2) is 63.5 Å². The van der Waals surface area contributed by atoms with Crippen molar-refractivity contribution in [3.63, 3.8) is 0 Å². The minimum absolute atomic E-state index is 0.263. The molecule has 0 aliphatic carbocycles. The summed E-state index contributed by atoms with van der Waals surface area (Å²) in [7, 11) is 3.09. The van der Waals surface area contributed by atoms with Crippen LogP contribution in [0.2, 0.25) is 0 Å². The Bertz CT molecular complexity index is 1220. The Labute approximate surface area is 194 Å². The van der Waals surface area contributed by atoms with Gasteiger partial charge in [0.15, 0.2) is 11.5 Å². The average Bonchev–Trinajstić information content (AvgIpc) is 3.18. The van der Waals surface area contributed by atoms with Crippen molar-refractivity contribution in [3.05, 3.63) is 69.1 Å². The number of methoxy groups -OCH3 is 2. The molecule has 0 aliphatic heterocycles. The van der Waals surface area contributed by atoms with Gasteiger partial charge in [0.25, 0.3) is 5.91 Å². The summed E-state index contributed by atoms with van der Waals surface area (Å²) in [6.45, 7) is 0. The van der Waals surface area contributed by atoms with Gasteiger partial charge in [-0.3, -0.25) is 4.79 Å². The molecular weight excluding hydrogens is 532 g/mol. The summed E-state index contributed by atoms with van der Waals surface area (Å²) >= 11 is 8.69. The number of hydrogen-bond donors (Lipinski definition) is 1. The number of para-hydroxylation sites is 1. The maximum atomic E-state index is 13.0. The van der Waals surface area contributed by atoms with Crippen molar-refractivity contribution in [1.82, 2.24) is 4.98 Å². The first-order valence-electron chi connectivity index (χ1n) is 8.88. The molecule has 5 nitrogen and oxygen atoms in total. The Hall–Kier alpha value is -2.42. The van der Waals surface area contributed by atoms with E-state index in [0.717, 1.165) is 29.7 Å². The van der Waals surface area contributed by atoms with E-state index in [1.54, 1.807) is 36.6 Å². The molecule has 0 unspecified atom stereocenters. The zero-order valence-corrected chi connectivity index (χ0v) is 20.0. The normalized spacial score (nSPS) is 10.8. The van der Waals surface area contributed by atoms with Crippen LogP contribution in [0.25, 0.3) is 20.8 Å². The van der Waals surface area contributed by atoms with Crippen molar-refractivity contribution < 1.29 is 14.3 Å². The summed E-state index contributed by atoms with van der Waals surface area (Å²) in [5.41, 5.74) is 2.85. The van der Waals surface area contributed by atoms with E-state index >= 15 is 0 Å². The van der Waals surface area contributed by atoms with Gasteiger partial charge in [0.2, 0.25) is 0 Å². The molecule has 1 aromatic heterocycles. The van der Waals surface area contributed by atoms with Crippen LogP contribution in [-0.4, -0.2) is 25.1 Å². The molecule has 0 spiro atoms. The lowest BCUT2D eigenvalue weighted by atomic mass is 10.1. The Morgan fingerprint density at radius 2 is 1.77 bits per heavy atom. The zero-order chi connectivity index (χ0) is 21.3. The number of amides is 1. The summed E-state index contributed by atoms with van der Waals surface area (Å²) in [6, 6.07) is 16.9. The molecule has 0 fully saturated rings. The third-order valence-corrected chi connectivity index (χ3v) is 6.62. The first-order valence-corrected chi connectivity index (χ1v) is 11.3. The lowest BCUT2D eigenvalue weighted by Crippen LogP contribution is -2.13. The molecule has 0 saturated heterocycles. The Morgan fingerprint density at radius 1 is 1.00 bits per heavy atom. The molecule has 0 atom stereocenters. The number of nitrogens with zero attached hydrogens (tertiary/aromatic N) is 1. The number of thiazole rings is 1. The van der Waals surface area contributed by atoms with Crippen molar-refractivity contribution >= 4 is 65.0 Å². The van der Waals surface area contributed by atoms with Crippen LogP contribution in [0, 0.1) is 0 Å². The summed E-state index contributed by atoms with van der Waals surface area (Å²) in [6.07, 6.45) is 0. The summed E-state index contributed by atoms with van der Waals surface area (Å²) in [4.78, 5) is 17.8. The highest BCUT2D eigenvalue weighted by Crippen LogP contribution is 2.40. The van der Waals surface area contributed by atoms with Crippen LogP contribution >= 0.6 is 43.2 Å². The molecule has 152 valence electrons. The number of ether oxygens (including phenoxy) is 2. The molecule has 3 aromatic carbocycles. The molecule has 1 heterocycles. The van der Waals surface area contributed by atoms with Gasteiger partial charge in [-0.1, -0.05) is 28.1 Å². The van der Waals surface area contributed by atoms with Gasteiger partial charge in [-0.2, -0.15) is 0 Å². The van der Waals surface area contributed by atoms with E-state index in [-0.39, 0.29) is 5.91 Å². The number of fused-ring (bicyclic) bond motifs is 1. The largest absolute Gasteiger partial charge is 0.493 e. The van der Waals surface area contributed by atoms with Crippen LogP contribution in [0.1, 0.15) is 10.4 Å². The van der Waals surface area contributed by atoms with E-state index in [0.29, 0.717) is 22.7 Å². The number of nitrogens with one attached hydrogen (secondary N) is 1. The minimum Gasteiger partial charge on any atom is -0.493 e. The fourth-order valence-corrected chi connectivity index (χ4v) is 5.33. The molecule has 1 N–H and O–H groups in total. The van der Waals surface area contributed by atoms with Crippen LogP contribution in [0.4, 0.5) is 5.69 Å². The third kappa shape index (κ3) is 4.08. The van der Waals surface area contributed by atoms with Crippen LogP contribution in [0.5, 0.6) is 11.5 Å². The number of rotatable bonds is 5. The molecule has 0 bridgehead atoms. The SMILES string of the molecule is COc1ccc(C(=O)Nc2c(Br)cc(Br)cc2-c2nc3ccccc3s2)cc1OC. The monoisotopic (exact) mass is 546 g/mol. The molecule has 30 heavy (non-hydrogen) atoms. The lowest BCUT2D eigenvalue weighted by molar-refractivity contribution is 0.102. The van der Waals surface area contributed by atoms with E-state index in [2.05, 4.69) is 37.2 Å². The molecule has 4 rings (SSSR count). The molecular formula is C22H16Br2N2O3S. The van der Waals surface area contributed by atoms with E-state index in [1.165, 1.54) is 7.11 Å². The van der Waals surface area contributed by atoms with Gasteiger partial charge >= 0.3 is 0 Å². The summed E-state index contributed by atoms with van der Waals surface area (Å²) in [5, 5.41) is 3.84. The second-order valence-electron chi connectivity index (χ2n) is 6.32. The van der Waals surface area contributed by atoms with Gasteiger partial charge in [0, 0.05) is 20.1 Å². The quantitative estimate of drug-likeness (QED) is 0.300. The molecule has 0 radical (unpaired) electrons. The van der Waals surface area contributed by atoms with Gasteiger partial charge in [-0.05, 0) is 58.4 Å². The Balaban J connectivity index is 1.75. The molecule has 0 aliphatic rings. The first-order chi connectivity index (χ1) is 14.5. The van der Waals surface area contributed by atoms with Crippen molar-refractivity contribution in [3.8, 4) is 22.1 Å². The van der Waals surface area contributed by atoms with Crippen molar-refractivity contribution in [2.24, 2.45) is 0 Å². The highest BCUT2D eigenvalue weighted by atomic mass is 79.9. The van der Waals surface area contributed by atoms with Gasteiger partial charge in [-0.15, -0.1) is 11.3 Å². The van der Waals surface area contributed by atoms with Gasteiger partial charge < -0.3 is 14.8 Å².